The van der Waals surface area contributed by atoms with E-state index in [0.29, 0.717) is 30.0 Å². The second-order valence-corrected chi connectivity index (χ2v) is 5.14. The van der Waals surface area contributed by atoms with Gasteiger partial charge in [-0.1, -0.05) is 0 Å². The first kappa shape index (κ1) is 15.1. The summed E-state index contributed by atoms with van der Waals surface area (Å²) in [6.45, 7) is 2.17. The van der Waals surface area contributed by atoms with Gasteiger partial charge in [-0.3, -0.25) is 0 Å². The molecule has 4 nitrogen and oxygen atoms in total. The van der Waals surface area contributed by atoms with Crippen molar-refractivity contribution in [3.05, 3.63) is 28.5 Å². The molecule has 0 fully saturated rings. The van der Waals surface area contributed by atoms with Crippen molar-refractivity contribution in [1.82, 2.24) is 14.5 Å². The Hall–Kier alpha value is -1.31. The molecule has 0 amide bonds. The lowest BCUT2D eigenvalue weighted by Crippen LogP contribution is -2.19. The predicted molar refractivity (Wildman–Crippen MR) is 76.4 cm³/mol. The molecule has 0 atom stereocenters. The topological polar surface area (TPSA) is 33.2 Å². The second kappa shape index (κ2) is 6.43. The molecule has 7 heteroatoms. The maximum Gasteiger partial charge on any atom is 0.184 e. The quantitative estimate of drug-likeness (QED) is 0.657. The minimum absolute atomic E-state index is 0.159. The van der Waals surface area contributed by atoms with E-state index in [1.54, 1.807) is 0 Å². The molecule has 0 radical (unpaired) electrons. The van der Waals surface area contributed by atoms with E-state index in [2.05, 4.69) is 4.98 Å². The van der Waals surface area contributed by atoms with E-state index in [9.17, 15) is 8.78 Å². The summed E-state index contributed by atoms with van der Waals surface area (Å²) in [5, 5.41) is 0. The molecule has 2 rings (SSSR count). The van der Waals surface area contributed by atoms with Gasteiger partial charge in [0.25, 0.3) is 0 Å². The van der Waals surface area contributed by atoms with Gasteiger partial charge in [-0.2, -0.15) is 0 Å². The highest BCUT2D eigenvalue weighted by molar-refractivity contribution is 7.71. The number of benzene rings is 1. The Morgan fingerprint density at radius 1 is 1.30 bits per heavy atom. The van der Waals surface area contributed by atoms with Gasteiger partial charge < -0.3 is 19.2 Å². The number of imidazole rings is 1. The average Bonchev–Trinajstić information content (AvgIpc) is 2.70. The van der Waals surface area contributed by atoms with E-state index in [-0.39, 0.29) is 5.52 Å². The van der Waals surface area contributed by atoms with Crippen LogP contribution in [0.5, 0.6) is 0 Å². The molecule has 0 unspecified atom stereocenters. The van der Waals surface area contributed by atoms with Crippen LogP contribution in [-0.2, 0) is 11.3 Å². The number of aromatic amines is 1. The molecule has 0 saturated heterocycles. The van der Waals surface area contributed by atoms with Crippen LogP contribution in [0.25, 0.3) is 11.0 Å². The Morgan fingerprint density at radius 2 is 2.05 bits per heavy atom. The van der Waals surface area contributed by atoms with E-state index in [0.717, 1.165) is 12.6 Å². The maximum absolute atomic E-state index is 13.8. The van der Waals surface area contributed by atoms with Gasteiger partial charge in [0.15, 0.2) is 16.4 Å². The summed E-state index contributed by atoms with van der Waals surface area (Å²) in [5.41, 5.74) is 0.647. The molecule has 0 aliphatic carbocycles. The second-order valence-electron chi connectivity index (χ2n) is 4.75. The summed E-state index contributed by atoms with van der Waals surface area (Å²) >= 11 is 5.13. The Balaban J connectivity index is 2.12. The van der Waals surface area contributed by atoms with Crippen molar-refractivity contribution >= 4 is 23.3 Å². The molecule has 1 aromatic heterocycles. The molecule has 0 aliphatic heterocycles. The Kier molecular flexibility index (Phi) is 4.85. The fourth-order valence-electron chi connectivity index (χ4n) is 1.91. The number of rotatable bonds is 6. The third-order valence-corrected chi connectivity index (χ3v) is 3.29. The number of fused-ring (bicyclic) bond motifs is 1. The number of aromatic nitrogens is 2. The maximum atomic E-state index is 13.8. The zero-order chi connectivity index (χ0) is 14.7. The normalized spacial score (nSPS) is 11.7. The van der Waals surface area contributed by atoms with Crippen molar-refractivity contribution in [2.45, 2.75) is 6.54 Å². The number of hydrogen-bond donors (Lipinski definition) is 1. The van der Waals surface area contributed by atoms with Crippen LogP contribution in [0, 0.1) is 16.4 Å². The third kappa shape index (κ3) is 3.23. The highest BCUT2D eigenvalue weighted by Crippen LogP contribution is 2.20. The van der Waals surface area contributed by atoms with Crippen LogP contribution in [0.15, 0.2) is 12.1 Å². The van der Waals surface area contributed by atoms with Crippen LogP contribution < -0.4 is 0 Å². The first-order valence-corrected chi connectivity index (χ1v) is 6.70. The van der Waals surface area contributed by atoms with Crippen molar-refractivity contribution in [3.8, 4) is 0 Å². The highest BCUT2D eigenvalue weighted by atomic mass is 32.1. The number of hydrogen-bond acceptors (Lipinski definition) is 3. The largest absolute Gasteiger partial charge is 0.378 e. The molecular weight excluding hydrogens is 284 g/mol. The Bertz CT molecular complexity index is 651. The van der Waals surface area contributed by atoms with Gasteiger partial charge in [0.05, 0.1) is 18.7 Å². The number of likely N-dealkylation sites (N-methyl/N-ethyl adjacent to an activating group) is 1. The lowest BCUT2D eigenvalue weighted by atomic mass is 10.3. The summed E-state index contributed by atoms with van der Waals surface area (Å²) in [4.78, 5) is 4.87. The summed E-state index contributed by atoms with van der Waals surface area (Å²) in [6.07, 6.45) is 0. The van der Waals surface area contributed by atoms with Gasteiger partial charge in [0.1, 0.15) is 5.52 Å². The molecule has 0 spiro atoms. The summed E-state index contributed by atoms with van der Waals surface area (Å²) in [7, 11) is 3.91. The van der Waals surface area contributed by atoms with Crippen molar-refractivity contribution < 1.29 is 13.5 Å². The van der Waals surface area contributed by atoms with Crippen LogP contribution in [0.3, 0.4) is 0 Å². The van der Waals surface area contributed by atoms with Crippen molar-refractivity contribution in [3.63, 3.8) is 0 Å². The molecular formula is C13H17F2N3OS. The summed E-state index contributed by atoms with van der Waals surface area (Å²) < 4.78 is 34.5. The third-order valence-electron chi connectivity index (χ3n) is 2.97. The Morgan fingerprint density at radius 3 is 2.75 bits per heavy atom. The zero-order valence-electron chi connectivity index (χ0n) is 11.4. The molecule has 1 heterocycles. The number of halogens is 2. The van der Waals surface area contributed by atoms with Gasteiger partial charge in [-0.15, -0.1) is 0 Å². The zero-order valence-corrected chi connectivity index (χ0v) is 12.3. The van der Waals surface area contributed by atoms with Gasteiger partial charge in [0, 0.05) is 13.1 Å². The standard InChI is InChI=1S/C13H17F2N3OS/c1-17(2)5-7-19-8-6-18-12-10(16-13(18)20)4-3-9(14)11(12)15/h3-4H,5-8H2,1-2H3,(H,16,20). The van der Waals surface area contributed by atoms with Crippen LogP contribution >= 0.6 is 12.2 Å². The number of H-pyrrole nitrogens is 1. The number of nitrogens with one attached hydrogen (secondary N) is 1. The van der Waals surface area contributed by atoms with Gasteiger partial charge in [-0.05, 0) is 38.4 Å². The molecule has 110 valence electrons. The van der Waals surface area contributed by atoms with Gasteiger partial charge >= 0.3 is 0 Å². The van der Waals surface area contributed by atoms with Crippen LogP contribution in [0.2, 0.25) is 0 Å². The molecule has 1 aromatic carbocycles. The van der Waals surface area contributed by atoms with E-state index in [4.69, 9.17) is 17.0 Å². The van der Waals surface area contributed by atoms with Crippen molar-refractivity contribution in [2.24, 2.45) is 0 Å². The molecule has 20 heavy (non-hydrogen) atoms. The molecule has 0 saturated carbocycles. The van der Waals surface area contributed by atoms with E-state index in [1.165, 1.54) is 10.6 Å². The van der Waals surface area contributed by atoms with Crippen molar-refractivity contribution in [1.29, 1.82) is 0 Å². The van der Waals surface area contributed by atoms with Crippen LogP contribution in [0.4, 0.5) is 8.78 Å². The Labute approximate surface area is 121 Å². The first-order valence-electron chi connectivity index (χ1n) is 6.29. The average molecular weight is 301 g/mol. The molecule has 0 bridgehead atoms. The van der Waals surface area contributed by atoms with E-state index < -0.39 is 11.6 Å². The molecule has 1 N–H and O–H groups in total. The minimum Gasteiger partial charge on any atom is -0.378 e. The summed E-state index contributed by atoms with van der Waals surface area (Å²) in [5.74, 6) is -1.77. The number of ether oxygens (including phenoxy) is 1. The minimum atomic E-state index is -0.886. The fraction of sp³-hybridized carbons (Fsp3) is 0.462. The number of nitrogens with zero attached hydrogens (tertiary/aromatic N) is 2. The molecule has 0 aliphatic rings. The lowest BCUT2D eigenvalue weighted by Gasteiger charge is -2.10. The van der Waals surface area contributed by atoms with Crippen molar-refractivity contribution in [2.75, 3.05) is 33.9 Å². The monoisotopic (exact) mass is 301 g/mol. The predicted octanol–water partition coefficient (Wildman–Crippen LogP) is 2.56. The van der Waals surface area contributed by atoms with Gasteiger partial charge in [0.2, 0.25) is 0 Å². The van der Waals surface area contributed by atoms with Crippen LogP contribution in [-0.4, -0.2) is 48.3 Å². The fourth-order valence-corrected chi connectivity index (χ4v) is 2.20. The molecule has 2 aromatic rings. The van der Waals surface area contributed by atoms with E-state index in [1.807, 2.05) is 19.0 Å². The smallest absolute Gasteiger partial charge is 0.184 e. The van der Waals surface area contributed by atoms with Gasteiger partial charge in [-0.25, -0.2) is 8.78 Å². The first-order chi connectivity index (χ1) is 9.50. The SMILES string of the molecule is CN(C)CCOCCn1c(=S)[nH]c2ccc(F)c(F)c21. The summed E-state index contributed by atoms with van der Waals surface area (Å²) in [6, 6.07) is 2.56. The lowest BCUT2D eigenvalue weighted by molar-refractivity contribution is 0.111. The highest BCUT2D eigenvalue weighted by Gasteiger charge is 2.13. The van der Waals surface area contributed by atoms with E-state index >= 15 is 0 Å². The van der Waals surface area contributed by atoms with Crippen LogP contribution in [0.1, 0.15) is 0 Å².